The number of benzene rings is 1. The van der Waals surface area contributed by atoms with Crippen molar-refractivity contribution in [3.05, 3.63) is 35.2 Å². The first-order chi connectivity index (χ1) is 13.0. The lowest BCUT2D eigenvalue weighted by Gasteiger charge is -2.06. The number of thiophene rings is 1. The number of aromatic nitrogens is 3. The fourth-order valence-electron chi connectivity index (χ4n) is 2.54. The Morgan fingerprint density at radius 3 is 2.70 bits per heavy atom. The lowest BCUT2D eigenvalue weighted by molar-refractivity contribution is 0.100. The van der Waals surface area contributed by atoms with Gasteiger partial charge in [-0.15, -0.1) is 22.7 Å². The van der Waals surface area contributed by atoms with Crippen molar-refractivity contribution >= 4 is 61.0 Å². The number of anilines is 1. The fraction of sp³-hybridized carbons (Fsp3) is 0.118. The van der Waals surface area contributed by atoms with Gasteiger partial charge in [0.1, 0.15) is 15.5 Å². The highest BCUT2D eigenvalue weighted by Crippen LogP contribution is 2.36. The molecule has 4 aromatic rings. The van der Waals surface area contributed by atoms with Gasteiger partial charge in [-0.2, -0.15) is 0 Å². The van der Waals surface area contributed by atoms with Crippen molar-refractivity contribution in [2.24, 2.45) is 5.73 Å². The molecule has 0 aliphatic rings. The maximum absolute atomic E-state index is 11.9. The molecule has 3 amide bonds. The van der Waals surface area contributed by atoms with E-state index in [0.717, 1.165) is 21.6 Å². The summed E-state index contributed by atoms with van der Waals surface area (Å²) in [5.74, 6) is -0.396. The van der Waals surface area contributed by atoms with Gasteiger partial charge >= 0.3 is 6.03 Å². The van der Waals surface area contributed by atoms with Gasteiger partial charge in [0.05, 0.1) is 15.1 Å². The van der Waals surface area contributed by atoms with Crippen molar-refractivity contribution in [1.82, 2.24) is 20.3 Å². The average Bonchev–Trinajstić information content (AvgIpc) is 3.25. The Labute approximate surface area is 161 Å². The molecule has 0 saturated carbocycles. The number of nitrogens with zero attached hydrogens (tertiary/aromatic N) is 3. The number of fused-ring (bicyclic) bond motifs is 2. The van der Waals surface area contributed by atoms with Crippen LogP contribution in [0.25, 0.3) is 31.1 Å². The highest BCUT2D eigenvalue weighted by molar-refractivity contribution is 7.22. The van der Waals surface area contributed by atoms with E-state index in [1.165, 1.54) is 11.3 Å². The van der Waals surface area contributed by atoms with E-state index in [-0.39, 0.29) is 5.95 Å². The van der Waals surface area contributed by atoms with Crippen LogP contribution in [0.3, 0.4) is 0 Å². The maximum Gasteiger partial charge on any atom is 0.321 e. The zero-order chi connectivity index (χ0) is 19.0. The van der Waals surface area contributed by atoms with Crippen molar-refractivity contribution in [1.29, 1.82) is 0 Å². The summed E-state index contributed by atoms with van der Waals surface area (Å²) in [6.07, 6.45) is 0. The van der Waals surface area contributed by atoms with E-state index in [9.17, 15) is 9.59 Å². The van der Waals surface area contributed by atoms with Crippen molar-refractivity contribution < 1.29 is 9.59 Å². The van der Waals surface area contributed by atoms with Crippen LogP contribution in [0.4, 0.5) is 10.7 Å². The van der Waals surface area contributed by atoms with Crippen LogP contribution in [0.1, 0.15) is 16.6 Å². The van der Waals surface area contributed by atoms with Gasteiger partial charge in [-0.1, -0.05) is 12.1 Å². The molecule has 4 N–H and O–H groups in total. The predicted octanol–water partition coefficient (Wildman–Crippen LogP) is 3.21. The largest absolute Gasteiger partial charge is 0.365 e. The summed E-state index contributed by atoms with van der Waals surface area (Å²) in [6.45, 7) is 2.29. The third-order valence-electron chi connectivity index (χ3n) is 3.69. The molecule has 3 heterocycles. The standard InChI is InChI=1S/C17H14N6O2S2/c1-2-19-17(25)23-16-21-12(8-7-11(13(18)24)27-14(8)22-16)15-20-9-5-3-4-6-10(9)26-15/h3-7H,2H2,1H3,(H2,18,24)(H2,19,21,22,23,25). The number of carbonyl (C=O) groups is 2. The van der Waals surface area contributed by atoms with Gasteiger partial charge in [-0.3, -0.25) is 10.1 Å². The van der Waals surface area contributed by atoms with Crippen LogP contribution < -0.4 is 16.4 Å². The molecule has 3 aromatic heterocycles. The van der Waals surface area contributed by atoms with Crippen molar-refractivity contribution in [2.75, 3.05) is 11.9 Å². The van der Waals surface area contributed by atoms with Crippen molar-refractivity contribution in [3.8, 4) is 10.7 Å². The number of amides is 3. The molecular formula is C17H14N6O2S2. The molecule has 0 fully saturated rings. The molecule has 0 saturated heterocycles. The number of nitrogens with two attached hydrogens (primary N) is 1. The van der Waals surface area contributed by atoms with Crippen LogP contribution >= 0.6 is 22.7 Å². The quantitative estimate of drug-likeness (QED) is 0.487. The van der Waals surface area contributed by atoms with Crippen LogP contribution in [-0.4, -0.2) is 33.4 Å². The number of urea groups is 1. The molecule has 0 radical (unpaired) electrons. The first-order valence-corrected chi connectivity index (χ1v) is 9.70. The lowest BCUT2D eigenvalue weighted by Crippen LogP contribution is -2.29. The van der Waals surface area contributed by atoms with Crippen molar-refractivity contribution in [2.45, 2.75) is 6.92 Å². The van der Waals surface area contributed by atoms with Gasteiger partial charge in [-0.05, 0) is 25.1 Å². The topological polar surface area (TPSA) is 123 Å². The summed E-state index contributed by atoms with van der Waals surface area (Å²) >= 11 is 2.63. The molecule has 1 aromatic carbocycles. The lowest BCUT2D eigenvalue weighted by atomic mass is 10.2. The van der Waals surface area contributed by atoms with Crippen molar-refractivity contribution in [3.63, 3.8) is 0 Å². The Kier molecular flexibility index (Phi) is 4.42. The monoisotopic (exact) mass is 398 g/mol. The average molecular weight is 398 g/mol. The van der Waals surface area contributed by atoms with Crippen LogP contribution in [0.5, 0.6) is 0 Å². The zero-order valence-corrected chi connectivity index (χ0v) is 15.8. The minimum Gasteiger partial charge on any atom is -0.365 e. The number of hydrogen-bond donors (Lipinski definition) is 3. The van der Waals surface area contributed by atoms with Gasteiger partial charge in [0.25, 0.3) is 5.91 Å². The number of primary amides is 1. The van der Waals surface area contributed by atoms with E-state index in [4.69, 9.17) is 5.73 Å². The first-order valence-electron chi connectivity index (χ1n) is 8.07. The molecule has 0 bridgehead atoms. The van der Waals surface area contributed by atoms with Gasteiger partial charge in [-0.25, -0.2) is 19.7 Å². The van der Waals surface area contributed by atoms with E-state index in [1.807, 2.05) is 31.2 Å². The minimum absolute atomic E-state index is 0.139. The second kappa shape index (κ2) is 6.89. The number of hydrogen-bond acceptors (Lipinski definition) is 7. The minimum atomic E-state index is -0.536. The van der Waals surface area contributed by atoms with E-state index >= 15 is 0 Å². The normalized spacial score (nSPS) is 11.0. The molecule has 0 aliphatic heterocycles. The molecule has 8 nitrogen and oxygen atoms in total. The van der Waals surface area contributed by atoms with Gasteiger partial charge in [0, 0.05) is 11.9 Å². The van der Waals surface area contributed by atoms with E-state index in [0.29, 0.717) is 32.3 Å². The highest BCUT2D eigenvalue weighted by Gasteiger charge is 2.19. The number of para-hydroxylation sites is 1. The third kappa shape index (κ3) is 3.32. The number of nitrogens with one attached hydrogen (secondary N) is 2. The molecule has 136 valence electrons. The van der Waals surface area contributed by atoms with Gasteiger partial charge in [0.15, 0.2) is 0 Å². The molecular weight excluding hydrogens is 384 g/mol. The van der Waals surface area contributed by atoms with Crippen LogP contribution in [0.2, 0.25) is 0 Å². The Balaban J connectivity index is 1.89. The molecule has 0 spiro atoms. The predicted molar refractivity (Wildman–Crippen MR) is 107 cm³/mol. The fourth-order valence-corrected chi connectivity index (χ4v) is 4.39. The Hall–Kier alpha value is -3.11. The van der Waals surface area contributed by atoms with Crippen LogP contribution in [0.15, 0.2) is 30.3 Å². The van der Waals surface area contributed by atoms with Gasteiger partial charge < -0.3 is 11.1 Å². The van der Waals surface area contributed by atoms with Crippen LogP contribution in [-0.2, 0) is 0 Å². The molecule has 0 aliphatic carbocycles. The van der Waals surface area contributed by atoms with E-state index < -0.39 is 11.9 Å². The second-order valence-corrected chi connectivity index (χ2v) is 7.62. The number of thiazole rings is 1. The summed E-state index contributed by atoms with van der Waals surface area (Å²) in [5, 5.41) is 6.60. The molecule has 0 atom stereocenters. The Morgan fingerprint density at radius 1 is 1.15 bits per heavy atom. The third-order valence-corrected chi connectivity index (χ3v) is 5.78. The number of carbonyl (C=O) groups excluding carboxylic acids is 2. The summed E-state index contributed by atoms with van der Waals surface area (Å²) < 4.78 is 1.02. The van der Waals surface area contributed by atoms with Gasteiger partial charge in [0.2, 0.25) is 5.95 Å². The molecule has 0 unspecified atom stereocenters. The molecule has 4 rings (SSSR count). The number of rotatable bonds is 4. The smallest absolute Gasteiger partial charge is 0.321 e. The zero-order valence-electron chi connectivity index (χ0n) is 14.1. The maximum atomic E-state index is 11.9. The Morgan fingerprint density at radius 2 is 1.96 bits per heavy atom. The SMILES string of the molecule is CCNC(=O)Nc1nc(-c2nc3ccccc3s2)c2cc(C(N)=O)sc2n1. The molecule has 27 heavy (non-hydrogen) atoms. The molecule has 10 heteroatoms. The first kappa shape index (κ1) is 17.3. The summed E-state index contributed by atoms with van der Waals surface area (Å²) in [6, 6.07) is 9.02. The van der Waals surface area contributed by atoms with E-state index in [1.54, 1.807) is 6.07 Å². The van der Waals surface area contributed by atoms with E-state index in [2.05, 4.69) is 25.6 Å². The summed E-state index contributed by atoms with van der Waals surface area (Å²) in [7, 11) is 0. The summed E-state index contributed by atoms with van der Waals surface area (Å²) in [5.41, 5.74) is 6.82. The van der Waals surface area contributed by atoms with Crippen LogP contribution in [0, 0.1) is 0 Å². The highest BCUT2D eigenvalue weighted by atomic mass is 32.1. The summed E-state index contributed by atoms with van der Waals surface area (Å²) in [4.78, 5) is 37.8. The second-order valence-electron chi connectivity index (χ2n) is 5.56. The Bertz CT molecular complexity index is 1150.